The maximum absolute atomic E-state index is 12.2. The predicted octanol–water partition coefficient (Wildman–Crippen LogP) is 4.51. The molecule has 0 radical (unpaired) electrons. The Morgan fingerprint density at radius 2 is 1.84 bits per heavy atom. The summed E-state index contributed by atoms with van der Waals surface area (Å²) in [7, 11) is 0. The average molecular weight is 346 g/mol. The molecule has 122 valence electrons. The van der Waals surface area contributed by atoms with Crippen LogP contribution in [0.15, 0.2) is 72.2 Å². The number of carbonyl (C=O) groups is 1. The first-order valence-electron chi connectivity index (χ1n) is 7.83. The van der Waals surface area contributed by atoms with E-state index in [1.165, 1.54) is 11.3 Å². The molecule has 0 aliphatic rings. The van der Waals surface area contributed by atoms with Gasteiger partial charge in [0.25, 0.3) is 0 Å². The van der Waals surface area contributed by atoms with Crippen molar-refractivity contribution in [1.82, 2.24) is 9.97 Å². The molecule has 0 bridgehead atoms. The van der Waals surface area contributed by atoms with E-state index < -0.39 is 0 Å². The van der Waals surface area contributed by atoms with Gasteiger partial charge in [0.05, 0.1) is 17.8 Å². The molecule has 0 saturated carbocycles. The Kier molecular flexibility index (Phi) is 4.23. The van der Waals surface area contributed by atoms with Crippen LogP contribution in [0.4, 0.5) is 0 Å². The molecule has 0 spiro atoms. The molecule has 0 N–H and O–H groups in total. The maximum atomic E-state index is 12.2. The van der Waals surface area contributed by atoms with Gasteiger partial charge in [0.2, 0.25) is 0 Å². The lowest BCUT2D eigenvalue weighted by atomic mass is 10.1. The Balaban J connectivity index is 1.46. The minimum absolute atomic E-state index is 0.135. The molecule has 0 aliphatic carbocycles. The molecule has 0 aliphatic heterocycles. The van der Waals surface area contributed by atoms with Crippen molar-refractivity contribution in [1.29, 1.82) is 0 Å². The summed E-state index contributed by atoms with van der Waals surface area (Å²) < 4.78 is 5.45. The van der Waals surface area contributed by atoms with Crippen molar-refractivity contribution < 1.29 is 9.53 Å². The topological polar surface area (TPSA) is 52.1 Å². The third-order valence-electron chi connectivity index (χ3n) is 3.71. The zero-order valence-electron chi connectivity index (χ0n) is 13.3. The molecule has 4 nitrogen and oxygen atoms in total. The van der Waals surface area contributed by atoms with E-state index >= 15 is 0 Å². The molecule has 4 aromatic rings. The summed E-state index contributed by atoms with van der Waals surface area (Å²) in [5, 5.41) is 4.82. The van der Waals surface area contributed by atoms with Gasteiger partial charge in [0.15, 0.2) is 0 Å². The Morgan fingerprint density at radius 3 is 2.68 bits per heavy atom. The normalized spacial score (nSPS) is 10.7. The molecule has 2 heterocycles. The van der Waals surface area contributed by atoms with E-state index in [0.717, 1.165) is 21.5 Å². The highest BCUT2D eigenvalue weighted by Gasteiger charge is 2.11. The highest BCUT2D eigenvalue weighted by molar-refractivity contribution is 7.13. The second-order valence-electron chi connectivity index (χ2n) is 5.52. The third-order valence-corrected chi connectivity index (χ3v) is 4.63. The third kappa shape index (κ3) is 3.56. The highest BCUT2D eigenvalue weighted by atomic mass is 32.1. The molecule has 25 heavy (non-hydrogen) atoms. The predicted molar refractivity (Wildman–Crippen MR) is 98.6 cm³/mol. The lowest BCUT2D eigenvalue weighted by Crippen LogP contribution is -2.11. The van der Waals surface area contributed by atoms with E-state index in [-0.39, 0.29) is 12.4 Å². The summed E-state index contributed by atoms with van der Waals surface area (Å²) >= 11 is 1.47. The molecule has 0 saturated heterocycles. The summed E-state index contributed by atoms with van der Waals surface area (Å²) in [6.07, 6.45) is 1.86. The van der Waals surface area contributed by atoms with Crippen LogP contribution in [0.5, 0.6) is 5.75 Å². The number of hydrogen-bond donors (Lipinski definition) is 0. The summed E-state index contributed by atoms with van der Waals surface area (Å²) in [6, 6.07) is 19.2. The molecule has 0 unspecified atom stereocenters. The average Bonchev–Trinajstić information content (AvgIpc) is 3.10. The monoisotopic (exact) mass is 346 g/mol. The second kappa shape index (κ2) is 6.83. The van der Waals surface area contributed by atoms with Crippen LogP contribution in [-0.4, -0.2) is 15.9 Å². The zero-order valence-corrected chi connectivity index (χ0v) is 14.1. The van der Waals surface area contributed by atoms with Gasteiger partial charge in [-0.1, -0.05) is 36.4 Å². The van der Waals surface area contributed by atoms with E-state index in [9.17, 15) is 4.79 Å². The number of rotatable bonds is 4. The maximum Gasteiger partial charge on any atom is 0.317 e. The number of pyridine rings is 1. The number of aromatic nitrogens is 2. The van der Waals surface area contributed by atoms with Crippen LogP contribution in [0.25, 0.3) is 21.5 Å². The van der Waals surface area contributed by atoms with Crippen LogP contribution < -0.4 is 4.74 Å². The molecule has 0 fully saturated rings. The van der Waals surface area contributed by atoms with Gasteiger partial charge in [-0.2, -0.15) is 0 Å². The first-order valence-corrected chi connectivity index (χ1v) is 8.71. The van der Waals surface area contributed by atoms with Gasteiger partial charge in [-0.25, -0.2) is 4.98 Å². The van der Waals surface area contributed by atoms with Crippen LogP contribution >= 0.6 is 11.3 Å². The molecular weight excluding hydrogens is 332 g/mol. The van der Waals surface area contributed by atoms with Crippen LogP contribution in [0.2, 0.25) is 0 Å². The summed E-state index contributed by atoms with van der Waals surface area (Å²) in [5.41, 5.74) is 1.50. The molecule has 2 aromatic carbocycles. The quantitative estimate of drug-likeness (QED) is 0.403. The van der Waals surface area contributed by atoms with Gasteiger partial charge in [-0.3, -0.25) is 9.78 Å². The van der Waals surface area contributed by atoms with Gasteiger partial charge in [0, 0.05) is 11.6 Å². The molecule has 0 amide bonds. The van der Waals surface area contributed by atoms with Crippen molar-refractivity contribution >= 4 is 28.1 Å². The van der Waals surface area contributed by atoms with Gasteiger partial charge in [-0.15, -0.1) is 11.3 Å². The number of carbonyl (C=O) groups excluding carboxylic acids is 1. The second-order valence-corrected chi connectivity index (χ2v) is 6.38. The number of esters is 1. The van der Waals surface area contributed by atoms with Crippen molar-refractivity contribution in [3.63, 3.8) is 0 Å². The highest BCUT2D eigenvalue weighted by Crippen LogP contribution is 2.23. The summed E-state index contributed by atoms with van der Waals surface area (Å²) in [6.45, 7) is 0. The lowest BCUT2D eigenvalue weighted by molar-refractivity contribution is -0.133. The van der Waals surface area contributed by atoms with Crippen LogP contribution in [0, 0.1) is 0 Å². The number of fused-ring (bicyclic) bond motifs is 1. The molecule has 4 rings (SSSR count). The van der Waals surface area contributed by atoms with Crippen LogP contribution in [0.1, 0.15) is 5.69 Å². The fourth-order valence-electron chi connectivity index (χ4n) is 2.54. The number of ether oxygens (including phenoxy) is 1. The van der Waals surface area contributed by atoms with Crippen molar-refractivity contribution in [3.05, 3.63) is 77.9 Å². The Hall–Kier alpha value is -3.05. The standard InChI is InChI=1S/C20H14N2O2S/c23-19(24-17-9-8-14-5-1-2-6-15(14)11-17)12-16-13-25-20(22-16)18-7-3-4-10-21-18/h1-11,13H,12H2. The van der Waals surface area contributed by atoms with E-state index in [4.69, 9.17) is 4.74 Å². The number of benzene rings is 2. The molecular formula is C20H14N2O2S. The van der Waals surface area contributed by atoms with E-state index in [1.807, 2.05) is 60.0 Å². The van der Waals surface area contributed by atoms with Crippen LogP contribution in [0.3, 0.4) is 0 Å². The summed E-state index contributed by atoms with van der Waals surface area (Å²) in [5.74, 6) is 0.219. The fourth-order valence-corrected chi connectivity index (χ4v) is 3.34. The Morgan fingerprint density at radius 1 is 1.00 bits per heavy atom. The largest absolute Gasteiger partial charge is 0.426 e. The van der Waals surface area contributed by atoms with Crippen molar-refractivity contribution in [2.75, 3.05) is 0 Å². The van der Waals surface area contributed by atoms with Gasteiger partial charge < -0.3 is 4.74 Å². The van der Waals surface area contributed by atoms with Gasteiger partial charge in [0.1, 0.15) is 10.8 Å². The molecule has 0 atom stereocenters. The fraction of sp³-hybridized carbons (Fsp3) is 0.0500. The van der Waals surface area contributed by atoms with E-state index in [2.05, 4.69) is 9.97 Å². The first-order chi connectivity index (χ1) is 12.3. The van der Waals surface area contributed by atoms with E-state index in [1.54, 1.807) is 12.3 Å². The van der Waals surface area contributed by atoms with Crippen molar-refractivity contribution in [2.45, 2.75) is 6.42 Å². The molecule has 5 heteroatoms. The minimum Gasteiger partial charge on any atom is -0.426 e. The van der Waals surface area contributed by atoms with Gasteiger partial charge in [-0.05, 0) is 35.0 Å². The van der Waals surface area contributed by atoms with Crippen LogP contribution in [-0.2, 0) is 11.2 Å². The zero-order chi connectivity index (χ0) is 17.1. The number of nitrogens with zero attached hydrogens (tertiary/aromatic N) is 2. The lowest BCUT2D eigenvalue weighted by Gasteiger charge is -2.05. The Labute approximate surface area is 148 Å². The van der Waals surface area contributed by atoms with Crippen molar-refractivity contribution in [2.24, 2.45) is 0 Å². The number of hydrogen-bond acceptors (Lipinski definition) is 5. The van der Waals surface area contributed by atoms with Gasteiger partial charge >= 0.3 is 5.97 Å². The van der Waals surface area contributed by atoms with E-state index in [0.29, 0.717) is 11.4 Å². The smallest absolute Gasteiger partial charge is 0.317 e. The summed E-state index contributed by atoms with van der Waals surface area (Å²) in [4.78, 5) is 20.9. The molecule has 2 aromatic heterocycles. The number of thiazole rings is 1. The Bertz CT molecular complexity index is 1030. The first kappa shape index (κ1) is 15.5. The minimum atomic E-state index is -0.326. The van der Waals surface area contributed by atoms with Crippen molar-refractivity contribution in [3.8, 4) is 16.5 Å². The SMILES string of the molecule is O=C(Cc1csc(-c2ccccn2)n1)Oc1ccc2ccccc2c1.